The Labute approximate surface area is 141 Å². The third-order valence-corrected chi connectivity index (χ3v) is 3.45. The van der Waals surface area contributed by atoms with Crippen molar-refractivity contribution in [2.24, 2.45) is 0 Å². The van der Waals surface area contributed by atoms with Crippen LogP contribution in [0.4, 0.5) is 19.3 Å². The Morgan fingerprint density at radius 2 is 1.96 bits per heavy atom. The lowest BCUT2D eigenvalue weighted by atomic mass is 10.1. The molecule has 0 aliphatic heterocycles. The normalized spacial score (nSPS) is 10.5. The van der Waals surface area contributed by atoms with Crippen molar-refractivity contribution >= 4 is 11.7 Å². The Morgan fingerprint density at radius 1 is 1.12 bits per heavy atom. The monoisotopic (exact) mass is 344 g/mol. The Bertz CT molecular complexity index is 869. The summed E-state index contributed by atoms with van der Waals surface area (Å²) >= 11 is 0. The van der Waals surface area contributed by atoms with Gasteiger partial charge in [-0.3, -0.25) is 0 Å². The molecule has 0 spiro atoms. The highest BCUT2D eigenvalue weighted by atomic mass is 19.1. The van der Waals surface area contributed by atoms with E-state index in [-0.39, 0.29) is 18.0 Å². The van der Waals surface area contributed by atoms with Crippen molar-refractivity contribution in [1.29, 1.82) is 0 Å². The summed E-state index contributed by atoms with van der Waals surface area (Å²) in [5.41, 5.74) is 0.971. The van der Waals surface area contributed by atoms with Crippen molar-refractivity contribution in [2.75, 3.05) is 11.9 Å². The molecule has 0 aliphatic rings. The number of nitrogens with one attached hydrogen (secondary N) is 2. The van der Waals surface area contributed by atoms with Crippen LogP contribution >= 0.6 is 0 Å². The number of hydrogen-bond donors (Lipinski definition) is 2. The van der Waals surface area contributed by atoms with E-state index in [4.69, 9.17) is 0 Å². The van der Waals surface area contributed by atoms with Gasteiger partial charge in [-0.25, -0.2) is 18.3 Å². The molecule has 3 rings (SSSR count). The smallest absolute Gasteiger partial charge is 0.319 e. The highest BCUT2D eigenvalue weighted by Crippen LogP contribution is 2.18. The predicted octanol–water partition coefficient (Wildman–Crippen LogP) is 2.30. The van der Waals surface area contributed by atoms with Gasteiger partial charge in [0.25, 0.3) is 0 Å². The van der Waals surface area contributed by atoms with E-state index in [0.717, 1.165) is 0 Å². The molecule has 128 valence electrons. The molecular formula is C16H14F2N6O. The number of tetrazole rings is 1. The molecule has 0 radical (unpaired) electrons. The highest BCUT2D eigenvalue weighted by molar-refractivity contribution is 5.89. The van der Waals surface area contributed by atoms with E-state index in [1.807, 2.05) is 0 Å². The summed E-state index contributed by atoms with van der Waals surface area (Å²) in [7, 11) is 0. The van der Waals surface area contributed by atoms with Crippen molar-refractivity contribution < 1.29 is 13.6 Å². The molecule has 0 aliphatic carbocycles. The van der Waals surface area contributed by atoms with Gasteiger partial charge in [-0.05, 0) is 46.7 Å². The first-order valence-corrected chi connectivity index (χ1v) is 7.44. The zero-order valence-electron chi connectivity index (χ0n) is 13.0. The van der Waals surface area contributed by atoms with Crippen LogP contribution in [-0.2, 0) is 6.42 Å². The van der Waals surface area contributed by atoms with E-state index in [2.05, 4.69) is 26.2 Å². The topological polar surface area (TPSA) is 84.7 Å². The van der Waals surface area contributed by atoms with Crippen LogP contribution in [0.15, 0.2) is 48.8 Å². The molecule has 3 aromatic rings. The third kappa shape index (κ3) is 4.14. The van der Waals surface area contributed by atoms with Crippen molar-refractivity contribution in [1.82, 2.24) is 25.5 Å². The highest BCUT2D eigenvalue weighted by Gasteiger charge is 2.09. The molecule has 2 N–H and O–H groups in total. The predicted molar refractivity (Wildman–Crippen MR) is 86.2 cm³/mol. The summed E-state index contributed by atoms with van der Waals surface area (Å²) in [5, 5.41) is 15.7. The van der Waals surface area contributed by atoms with E-state index < -0.39 is 11.8 Å². The molecule has 1 heterocycles. The summed E-state index contributed by atoms with van der Waals surface area (Å²) < 4.78 is 28.7. The number of nitrogens with zero attached hydrogens (tertiary/aromatic N) is 4. The Hall–Kier alpha value is -3.36. The minimum absolute atomic E-state index is 0.0172. The Balaban J connectivity index is 1.59. The van der Waals surface area contributed by atoms with Crippen LogP contribution in [0.3, 0.4) is 0 Å². The fourth-order valence-electron chi connectivity index (χ4n) is 2.21. The van der Waals surface area contributed by atoms with Gasteiger partial charge in [0.1, 0.15) is 18.0 Å². The molecule has 0 fully saturated rings. The van der Waals surface area contributed by atoms with Gasteiger partial charge in [0, 0.05) is 6.54 Å². The molecule has 0 bridgehead atoms. The maximum Gasteiger partial charge on any atom is 0.319 e. The molecule has 1 aromatic heterocycles. The molecule has 2 aromatic carbocycles. The first kappa shape index (κ1) is 16.5. The van der Waals surface area contributed by atoms with E-state index in [9.17, 15) is 13.6 Å². The van der Waals surface area contributed by atoms with E-state index in [1.54, 1.807) is 18.2 Å². The second-order valence-electron chi connectivity index (χ2n) is 5.14. The lowest BCUT2D eigenvalue weighted by molar-refractivity contribution is 0.252. The van der Waals surface area contributed by atoms with Crippen molar-refractivity contribution in [3.05, 3.63) is 66.0 Å². The van der Waals surface area contributed by atoms with Crippen LogP contribution < -0.4 is 10.6 Å². The maximum atomic E-state index is 13.9. The van der Waals surface area contributed by atoms with E-state index in [1.165, 1.54) is 35.3 Å². The quantitative estimate of drug-likeness (QED) is 0.744. The molecule has 7 nitrogen and oxygen atoms in total. The van der Waals surface area contributed by atoms with Gasteiger partial charge in [-0.1, -0.05) is 18.2 Å². The summed E-state index contributed by atoms with van der Waals surface area (Å²) in [5.74, 6) is -0.925. The fourth-order valence-corrected chi connectivity index (χ4v) is 2.21. The van der Waals surface area contributed by atoms with E-state index in [0.29, 0.717) is 17.7 Å². The number of amides is 2. The van der Waals surface area contributed by atoms with Gasteiger partial charge >= 0.3 is 6.03 Å². The number of rotatable bonds is 5. The van der Waals surface area contributed by atoms with Crippen molar-refractivity contribution in [3.63, 3.8) is 0 Å². The van der Waals surface area contributed by atoms with Gasteiger partial charge in [0.15, 0.2) is 0 Å². The van der Waals surface area contributed by atoms with Crippen LogP contribution in [0.25, 0.3) is 5.69 Å². The van der Waals surface area contributed by atoms with Gasteiger partial charge in [0.05, 0.1) is 11.4 Å². The van der Waals surface area contributed by atoms with Crippen molar-refractivity contribution in [3.8, 4) is 5.69 Å². The lowest BCUT2D eigenvalue weighted by Crippen LogP contribution is -2.31. The maximum absolute atomic E-state index is 13.9. The van der Waals surface area contributed by atoms with Gasteiger partial charge in [-0.2, -0.15) is 0 Å². The molecule has 0 unspecified atom stereocenters. The van der Waals surface area contributed by atoms with Gasteiger partial charge in [-0.15, -0.1) is 5.10 Å². The van der Waals surface area contributed by atoms with Crippen LogP contribution in [0.1, 0.15) is 5.56 Å². The largest absolute Gasteiger partial charge is 0.338 e. The molecular weight excluding hydrogens is 330 g/mol. The van der Waals surface area contributed by atoms with Crippen LogP contribution in [0.2, 0.25) is 0 Å². The Kier molecular flexibility index (Phi) is 4.93. The standard InChI is InChI=1S/C16H14F2N6O/c17-13-4-2-1-3-11(13)7-8-19-16(25)21-15-9-12(5-6-14(15)18)24-10-20-22-23-24/h1-6,9-10H,7-8H2,(H2,19,21,25). The molecule has 0 saturated carbocycles. The number of anilines is 1. The molecule has 2 amide bonds. The first-order chi connectivity index (χ1) is 12.1. The fraction of sp³-hybridized carbons (Fsp3) is 0.125. The van der Waals surface area contributed by atoms with Crippen LogP contribution in [0.5, 0.6) is 0 Å². The van der Waals surface area contributed by atoms with Crippen LogP contribution in [-0.4, -0.2) is 32.8 Å². The number of benzene rings is 2. The minimum Gasteiger partial charge on any atom is -0.338 e. The van der Waals surface area contributed by atoms with Crippen LogP contribution in [0, 0.1) is 11.6 Å². The number of hydrogen-bond acceptors (Lipinski definition) is 4. The second-order valence-corrected chi connectivity index (χ2v) is 5.14. The average Bonchev–Trinajstić information content (AvgIpc) is 3.13. The van der Waals surface area contributed by atoms with Gasteiger partial charge < -0.3 is 10.6 Å². The summed E-state index contributed by atoms with van der Waals surface area (Å²) in [6.45, 7) is 0.209. The minimum atomic E-state index is -0.596. The molecule has 0 atom stereocenters. The number of carbonyl (C=O) groups excluding carboxylic acids is 1. The van der Waals surface area contributed by atoms with E-state index >= 15 is 0 Å². The molecule has 0 saturated heterocycles. The number of aromatic nitrogens is 4. The summed E-state index contributed by atoms with van der Waals surface area (Å²) in [6, 6.07) is 9.81. The molecule has 9 heteroatoms. The van der Waals surface area contributed by atoms with Gasteiger partial charge in [0.2, 0.25) is 0 Å². The average molecular weight is 344 g/mol. The van der Waals surface area contributed by atoms with Crippen molar-refractivity contribution in [2.45, 2.75) is 6.42 Å². The second kappa shape index (κ2) is 7.47. The zero-order valence-corrected chi connectivity index (χ0v) is 13.0. The summed E-state index contributed by atoms with van der Waals surface area (Å²) in [6.07, 6.45) is 1.68. The Morgan fingerprint density at radius 3 is 2.72 bits per heavy atom. The number of urea groups is 1. The molecule has 25 heavy (non-hydrogen) atoms. The SMILES string of the molecule is O=C(NCCc1ccccc1F)Nc1cc(-n2cnnn2)ccc1F. The number of halogens is 2. The zero-order chi connectivity index (χ0) is 17.6. The third-order valence-electron chi connectivity index (χ3n) is 3.45. The lowest BCUT2D eigenvalue weighted by Gasteiger charge is -2.10. The first-order valence-electron chi connectivity index (χ1n) is 7.44. The number of carbonyl (C=O) groups is 1. The summed E-state index contributed by atoms with van der Waals surface area (Å²) in [4.78, 5) is 11.9.